The van der Waals surface area contributed by atoms with Crippen molar-refractivity contribution < 1.29 is 14.6 Å². The van der Waals surface area contributed by atoms with Crippen LogP contribution in [0.25, 0.3) is 0 Å². The third kappa shape index (κ3) is 2.11. The van der Waals surface area contributed by atoms with E-state index in [1.54, 1.807) is 6.92 Å². The van der Waals surface area contributed by atoms with Crippen LogP contribution in [0, 0.1) is 5.41 Å². The highest BCUT2D eigenvalue weighted by Gasteiger charge is 2.32. The zero-order valence-corrected chi connectivity index (χ0v) is 7.62. The van der Waals surface area contributed by atoms with Gasteiger partial charge in [-0.05, 0) is 19.8 Å². The van der Waals surface area contributed by atoms with Gasteiger partial charge in [0.25, 0.3) is 0 Å². The number of likely N-dealkylation sites (tertiary alicyclic amines) is 1. The summed E-state index contributed by atoms with van der Waals surface area (Å²) in [7, 11) is 0. The first-order chi connectivity index (χ1) is 6.16. The van der Waals surface area contributed by atoms with Crippen molar-refractivity contribution in [3.05, 3.63) is 0 Å². The van der Waals surface area contributed by atoms with Gasteiger partial charge in [0.15, 0.2) is 0 Å². The van der Waals surface area contributed by atoms with E-state index in [0.717, 1.165) is 6.42 Å². The molecule has 0 radical (unpaired) electrons. The summed E-state index contributed by atoms with van der Waals surface area (Å²) in [6, 6.07) is -0.363. The van der Waals surface area contributed by atoms with E-state index in [2.05, 4.69) is 0 Å². The molecule has 13 heavy (non-hydrogen) atoms. The maximum absolute atomic E-state index is 10.7. The molecule has 1 heterocycles. The molecule has 0 saturated carbocycles. The summed E-state index contributed by atoms with van der Waals surface area (Å²) in [6.45, 7) is 2.72. The lowest BCUT2D eigenvalue weighted by Gasteiger charge is -2.21. The highest BCUT2D eigenvalue weighted by atomic mass is 16.5. The molecule has 0 aliphatic carbocycles. The Bertz CT molecular complexity index is 217. The van der Waals surface area contributed by atoms with Crippen LogP contribution in [0.2, 0.25) is 0 Å². The maximum atomic E-state index is 10.7. The van der Waals surface area contributed by atoms with Gasteiger partial charge in [-0.2, -0.15) is 0 Å². The lowest BCUT2D eigenvalue weighted by atomic mass is 10.2. The van der Waals surface area contributed by atoms with Gasteiger partial charge >= 0.3 is 6.09 Å². The fourth-order valence-corrected chi connectivity index (χ4v) is 1.52. The lowest BCUT2D eigenvalue weighted by Crippen LogP contribution is -2.40. The molecule has 1 rings (SSSR count). The van der Waals surface area contributed by atoms with Crippen molar-refractivity contribution in [3.63, 3.8) is 0 Å². The van der Waals surface area contributed by atoms with Crippen molar-refractivity contribution in [2.24, 2.45) is 0 Å². The summed E-state index contributed by atoms with van der Waals surface area (Å²) in [6.07, 6.45) is 0.546. The van der Waals surface area contributed by atoms with Crippen LogP contribution < -0.4 is 0 Å². The van der Waals surface area contributed by atoms with E-state index in [9.17, 15) is 4.79 Å². The summed E-state index contributed by atoms with van der Waals surface area (Å²) < 4.78 is 4.98. The van der Waals surface area contributed by atoms with Crippen molar-refractivity contribution in [2.75, 3.05) is 13.2 Å². The van der Waals surface area contributed by atoms with Gasteiger partial charge in [-0.1, -0.05) is 0 Å². The van der Waals surface area contributed by atoms with E-state index >= 15 is 0 Å². The summed E-state index contributed by atoms with van der Waals surface area (Å²) in [5, 5.41) is 16.3. The Hall–Kier alpha value is -1.26. The van der Waals surface area contributed by atoms with Crippen LogP contribution in [0.5, 0.6) is 0 Å². The van der Waals surface area contributed by atoms with Crippen molar-refractivity contribution in [1.29, 1.82) is 5.41 Å². The molecule has 1 saturated heterocycles. The number of amides is 1. The fourth-order valence-electron chi connectivity index (χ4n) is 1.52. The summed E-state index contributed by atoms with van der Waals surface area (Å²) >= 11 is 0. The van der Waals surface area contributed by atoms with Crippen LogP contribution in [0.3, 0.4) is 0 Å². The van der Waals surface area contributed by atoms with Crippen molar-refractivity contribution in [3.8, 4) is 0 Å². The Kier molecular flexibility index (Phi) is 3.11. The second-order valence-corrected chi connectivity index (χ2v) is 2.93. The number of carboxylic acid groups (broad SMARTS) is 1. The topological polar surface area (TPSA) is 73.6 Å². The third-order valence-electron chi connectivity index (χ3n) is 2.10. The molecule has 0 aromatic rings. The molecule has 1 atom stereocenters. The molecular formula is C8H14N2O3. The van der Waals surface area contributed by atoms with Gasteiger partial charge in [-0.3, -0.25) is 10.3 Å². The molecule has 0 spiro atoms. The monoisotopic (exact) mass is 186 g/mol. The second-order valence-electron chi connectivity index (χ2n) is 2.93. The van der Waals surface area contributed by atoms with Crippen LogP contribution in [0.1, 0.15) is 19.8 Å². The normalized spacial score (nSPS) is 21.6. The summed E-state index contributed by atoms with van der Waals surface area (Å²) in [5.74, 6) is 0.0717. The Morgan fingerprint density at radius 1 is 1.77 bits per heavy atom. The van der Waals surface area contributed by atoms with Crippen LogP contribution in [0.15, 0.2) is 0 Å². The highest BCUT2D eigenvalue weighted by molar-refractivity contribution is 5.83. The molecule has 0 aromatic heterocycles. The van der Waals surface area contributed by atoms with Crippen molar-refractivity contribution in [2.45, 2.75) is 25.8 Å². The van der Waals surface area contributed by atoms with Gasteiger partial charge in [0, 0.05) is 6.54 Å². The van der Waals surface area contributed by atoms with E-state index < -0.39 is 6.09 Å². The van der Waals surface area contributed by atoms with Crippen LogP contribution in [-0.2, 0) is 4.74 Å². The van der Waals surface area contributed by atoms with Gasteiger partial charge in [0.2, 0.25) is 5.90 Å². The number of ether oxygens (including phenoxy) is 1. The van der Waals surface area contributed by atoms with Gasteiger partial charge in [0.1, 0.15) is 6.04 Å². The van der Waals surface area contributed by atoms with Crippen LogP contribution in [0.4, 0.5) is 4.79 Å². The van der Waals surface area contributed by atoms with Crippen LogP contribution >= 0.6 is 0 Å². The molecule has 5 nitrogen and oxygen atoms in total. The zero-order valence-electron chi connectivity index (χ0n) is 7.62. The van der Waals surface area contributed by atoms with Gasteiger partial charge < -0.3 is 9.84 Å². The van der Waals surface area contributed by atoms with Crippen molar-refractivity contribution >= 4 is 12.0 Å². The average Bonchev–Trinajstić information content (AvgIpc) is 2.52. The van der Waals surface area contributed by atoms with E-state index in [4.69, 9.17) is 15.3 Å². The van der Waals surface area contributed by atoms with Gasteiger partial charge in [-0.15, -0.1) is 0 Å². The molecule has 1 aliphatic rings. The van der Waals surface area contributed by atoms with Crippen LogP contribution in [-0.4, -0.2) is 41.2 Å². The fraction of sp³-hybridized carbons (Fsp3) is 0.750. The largest absolute Gasteiger partial charge is 0.480 e. The Balaban J connectivity index is 2.57. The minimum absolute atomic E-state index is 0.0717. The lowest BCUT2D eigenvalue weighted by molar-refractivity contribution is 0.144. The number of carbonyl (C=O) groups is 1. The molecule has 5 heteroatoms. The third-order valence-corrected chi connectivity index (χ3v) is 2.10. The Morgan fingerprint density at radius 3 is 3.00 bits per heavy atom. The maximum Gasteiger partial charge on any atom is 0.407 e. The molecule has 1 aliphatic heterocycles. The quantitative estimate of drug-likeness (QED) is 0.501. The predicted molar refractivity (Wildman–Crippen MR) is 47.1 cm³/mol. The first-order valence-corrected chi connectivity index (χ1v) is 4.37. The number of rotatable bonds is 2. The smallest absolute Gasteiger partial charge is 0.407 e. The first-order valence-electron chi connectivity index (χ1n) is 4.37. The average molecular weight is 186 g/mol. The molecule has 0 bridgehead atoms. The summed E-state index contributed by atoms with van der Waals surface area (Å²) in [5.41, 5.74) is 0. The van der Waals surface area contributed by atoms with Gasteiger partial charge in [0.05, 0.1) is 6.61 Å². The number of hydrogen-bond acceptors (Lipinski definition) is 3. The molecule has 1 unspecified atom stereocenters. The number of nitrogens with one attached hydrogen (secondary N) is 1. The SMILES string of the molecule is CCOC(=N)C1CCCN1C(=O)O. The molecule has 1 fully saturated rings. The molecule has 74 valence electrons. The summed E-state index contributed by atoms with van der Waals surface area (Å²) in [4.78, 5) is 12.0. The minimum atomic E-state index is -0.966. The van der Waals surface area contributed by atoms with E-state index in [1.165, 1.54) is 4.90 Å². The zero-order chi connectivity index (χ0) is 9.84. The van der Waals surface area contributed by atoms with E-state index in [-0.39, 0.29) is 11.9 Å². The molecule has 2 N–H and O–H groups in total. The molecular weight excluding hydrogens is 172 g/mol. The van der Waals surface area contributed by atoms with E-state index in [1.807, 2.05) is 0 Å². The molecule has 1 amide bonds. The van der Waals surface area contributed by atoms with E-state index in [0.29, 0.717) is 19.6 Å². The predicted octanol–water partition coefficient (Wildman–Crippen LogP) is 1.14. The van der Waals surface area contributed by atoms with Crippen molar-refractivity contribution in [1.82, 2.24) is 4.90 Å². The number of hydrogen-bond donors (Lipinski definition) is 2. The standard InChI is InChI=1S/C8H14N2O3/c1-2-13-7(9)6-4-3-5-10(6)8(11)12/h6,9H,2-5H2,1H3,(H,11,12). The Labute approximate surface area is 76.8 Å². The second kappa shape index (κ2) is 4.11. The number of nitrogens with zero attached hydrogens (tertiary/aromatic N) is 1. The highest BCUT2D eigenvalue weighted by Crippen LogP contribution is 2.18. The first kappa shape index (κ1) is 9.83. The van der Waals surface area contributed by atoms with Gasteiger partial charge in [-0.25, -0.2) is 4.79 Å². The minimum Gasteiger partial charge on any atom is -0.480 e. The molecule has 0 aromatic carbocycles. The Morgan fingerprint density at radius 2 is 2.46 bits per heavy atom.